The summed E-state index contributed by atoms with van der Waals surface area (Å²) in [5.74, 6) is 0.0718. The minimum Gasteiger partial charge on any atom is -0.342 e. The first-order valence-electron chi connectivity index (χ1n) is 7.64. The second kappa shape index (κ2) is 7.51. The molecule has 0 spiro atoms. The summed E-state index contributed by atoms with van der Waals surface area (Å²) in [6.07, 6.45) is 7.01. The lowest BCUT2D eigenvalue weighted by atomic mass is 9.97. The molecule has 4 nitrogen and oxygen atoms in total. The van der Waals surface area contributed by atoms with Crippen molar-refractivity contribution < 1.29 is 9.59 Å². The fourth-order valence-corrected chi connectivity index (χ4v) is 2.47. The van der Waals surface area contributed by atoms with Crippen LogP contribution in [0.3, 0.4) is 0 Å². The Balaban J connectivity index is 2.52. The zero-order valence-electron chi connectivity index (χ0n) is 12.6. The summed E-state index contributed by atoms with van der Waals surface area (Å²) in [7, 11) is 0. The van der Waals surface area contributed by atoms with E-state index in [0.717, 1.165) is 13.0 Å². The summed E-state index contributed by atoms with van der Waals surface area (Å²) < 4.78 is 0. The van der Waals surface area contributed by atoms with Gasteiger partial charge in [-0.3, -0.25) is 9.59 Å². The van der Waals surface area contributed by atoms with Crippen LogP contribution in [-0.4, -0.2) is 35.3 Å². The van der Waals surface area contributed by atoms with Gasteiger partial charge in [0.2, 0.25) is 11.8 Å². The van der Waals surface area contributed by atoms with Crippen LogP contribution in [0.5, 0.6) is 0 Å². The number of carbonyl (C=O) groups excluding carboxylic acids is 2. The van der Waals surface area contributed by atoms with E-state index < -0.39 is 5.54 Å². The van der Waals surface area contributed by atoms with Gasteiger partial charge in [-0.25, -0.2) is 0 Å². The average Bonchev–Trinajstić information content (AvgIpc) is 2.50. The van der Waals surface area contributed by atoms with Gasteiger partial charge in [0.15, 0.2) is 0 Å². The molecule has 0 bridgehead atoms. The number of amides is 2. The Bertz CT molecular complexity index is 317. The first-order chi connectivity index (χ1) is 9.03. The van der Waals surface area contributed by atoms with Crippen LogP contribution < -0.4 is 5.32 Å². The topological polar surface area (TPSA) is 49.4 Å². The smallest absolute Gasteiger partial charge is 0.248 e. The van der Waals surface area contributed by atoms with Crippen molar-refractivity contribution in [3.05, 3.63) is 0 Å². The molecular weight excluding hydrogens is 240 g/mol. The van der Waals surface area contributed by atoms with Crippen LogP contribution in [-0.2, 0) is 9.59 Å². The highest BCUT2D eigenvalue weighted by Crippen LogP contribution is 2.18. The highest BCUT2D eigenvalue weighted by atomic mass is 16.2. The van der Waals surface area contributed by atoms with E-state index in [9.17, 15) is 9.59 Å². The van der Waals surface area contributed by atoms with Gasteiger partial charge >= 0.3 is 0 Å². The zero-order valence-corrected chi connectivity index (χ0v) is 12.6. The number of rotatable bonds is 7. The van der Waals surface area contributed by atoms with E-state index in [1.807, 2.05) is 18.7 Å². The number of unbranched alkanes of at least 4 members (excludes halogenated alkanes) is 4. The van der Waals surface area contributed by atoms with Crippen molar-refractivity contribution in [3.8, 4) is 0 Å². The summed E-state index contributed by atoms with van der Waals surface area (Å²) in [4.78, 5) is 26.0. The normalized spacial score (nSPS) is 24.3. The minimum absolute atomic E-state index is 0.00816. The molecule has 1 rings (SSSR count). The Morgan fingerprint density at radius 3 is 2.47 bits per heavy atom. The second-order valence-corrected chi connectivity index (χ2v) is 5.69. The quantitative estimate of drug-likeness (QED) is 0.721. The monoisotopic (exact) mass is 268 g/mol. The van der Waals surface area contributed by atoms with Crippen LogP contribution in [0.1, 0.15) is 65.7 Å². The van der Waals surface area contributed by atoms with E-state index in [2.05, 4.69) is 12.2 Å². The maximum Gasteiger partial charge on any atom is 0.248 e. The summed E-state index contributed by atoms with van der Waals surface area (Å²) >= 11 is 0. The molecule has 0 saturated carbocycles. The van der Waals surface area contributed by atoms with Crippen molar-refractivity contribution in [1.29, 1.82) is 0 Å². The number of carbonyl (C=O) groups is 2. The van der Waals surface area contributed by atoms with E-state index >= 15 is 0 Å². The third kappa shape index (κ3) is 4.51. The van der Waals surface area contributed by atoms with Gasteiger partial charge in [0.1, 0.15) is 5.54 Å². The Hall–Kier alpha value is -1.06. The Morgan fingerprint density at radius 1 is 1.16 bits per heavy atom. The van der Waals surface area contributed by atoms with E-state index in [4.69, 9.17) is 0 Å². The Labute approximate surface area is 116 Å². The van der Waals surface area contributed by atoms with Gasteiger partial charge in [0.05, 0.1) is 0 Å². The summed E-state index contributed by atoms with van der Waals surface area (Å²) in [6, 6.07) is 0. The van der Waals surface area contributed by atoms with Crippen molar-refractivity contribution in [3.63, 3.8) is 0 Å². The van der Waals surface area contributed by atoms with E-state index in [1.165, 1.54) is 25.7 Å². The van der Waals surface area contributed by atoms with Gasteiger partial charge < -0.3 is 10.2 Å². The highest BCUT2D eigenvalue weighted by molar-refractivity contribution is 5.93. The third-order valence-corrected chi connectivity index (χ3v) is 4.02. The van der Waals surface area contributed by atoms with Gasteiger partial charge in [0.25, 0.3) is 0 Å². The summed E-state index contributed by atoms with van der Waals surface area (Å²) in [6.45, 7) is 7.33. The standard InChI is InChI=1S/C15H28N2O2/c1-4-6-7-8-9-11-17-12-10-13(18)16-15(3,5-2)14(17)19/h4-12H2,1-3H3,(H,16,18). The number of hydrogen-bond acceptors (Lipinski definition) is 2. The molecule has 1 N–H and O–H groups in total. The van der Waals surface area contributed by atoms with Gasteiger partial charge in [-0.2, -0.15) is 0 Å². The Morgan fingerprint density at radius 2 is 1.84 bits per heavy atom. The van der Waals surface area contributed by atoms with Crippen LogP contribution in [0.15, 0.2) is 0 Å². The average molecular weight is 268 g/mol. The van der Waals surface area contributed by atoms with E-state index in [0.29, 0.717) is 19.4 Å². The van der Waals surface area contributed by atoms with Gasteiger partial charge in [0, 0.05) is 19.5 Å². The molecule has 1 aliphatic rings. The second-order valence-electron chi connectivity index (χ2n) is 5.69. The van der Waals surface area contributed by atoms with Crippen molar-refractivity contribution in [1.82, 2.24) is 10.2 Å². The molecule has 1 unspecified atom stereocenters. The van der Waals surface area contributed by atoms with Gasteiger partial charge in [-0.1, -0.05) is 39.5 Å². The number of nitrogens with zero attached hydrogens (tertiary/aromatic N) is 1. The predicted octanol–water partition coefficient (Wildman–Crippen LogP) is 2.47. The fourth-order valence-electron chi connectivity index (χ4n) is 2.47. The van der Waals surface area contributed by atoms with Gasteiger partial charge in [-0.15, -0.1) is 0 Å². The molecule has 1 heterocycles. The molecule has 0 aliphatic carbocycles. The summed E-state index contributed by atoms with van der Waals surface area (Å²) in [5, 5.41) is 2.87. The maximum atomic E-state index is 12.5. The molecule has 19 heavy (non-hydrogen) atoms. The fraction of sp³-hybridized carbons (Fsp3) is 0.867. The lowest BCUT2D eigenvalue weighted by Gasteiger charge is -2.31. The molecule has 0 radical (unpaired) electrons. The van der Waals surface area contributed by atoms with Crippen molar-refractivity contribution in [2.75, 3.05) is 13.1 Å². The highest BCUT2D eigenvalue weighted by Gasteiger charge is 2.38. The lowest BCUT2D eigenvalue weighted by Crippen LogP contribution is -2.54. The maximum absolute atomic E-state index is 12.5. The molecular formula is C15H28N2O2. The van der Waals surface area contributed by atoms with Crippen molar-refractivity contribution in [2.45, 2.75) is 71.3 Å². The molecule has 0 aromatic rings. The van der Waals surface area contributed by atoms with Crippen LogP contribution in [0.4, 0.5) is 0 Å². The van der Waals surface area contributed by atoms with Crippen LogP contribution in [0.25, 0.3) is 0 Å². The minimum atomic E-state index is -0.711. The first kappa shape index (κ1) is 16.0. The Kier molecular flexibility index (Phi) is 6.32. The molecule has 4 heteroatoms. The van der Waals surface area contributed by atoms with E-state index in [1.54, 1.807) is 0 Å². The molecule has 1 fully saturated rings. The number of nitrogens with one attached hydrogen (secondary N) is 1. The third-order valence-electron chi connectivity index (χ3n) is 4.02. The van der Waals surface area contributed by atoms with Crippen molar-refractivity contribution >= 4 is 11.8 Å². The summed E-state index contributed by atoms with van der Waals surface area (Å²) in [5.41, 5.74) is -0.711. The molecule has 1 atom stereocenters. The van der Waals surface area contributed by atoms with E-state index in [-0.39, 0.29) is 11.8 Å². The van der Waals surface area contributed by atoms with Crippen molar-refractivity contribution in [2.24, 2.45) is 0 Å². The molecule has 2 amide bonds. The molecule has 1 aliphatic heterocycles. The molecule has 110 valence electrons. The first-order valence-corrected chi connectivity index (χ1v) is 7.64. The zero-order chi connectivity index (χ0) is 14.3. The molecule has 0 aromatic carbocycles. The lowest BCUT2D eigenvalue weighted by molar-refractivity contribution is -0.138. The van der Waals surface area contributed by atoms with Crippen LogP contribution in [0.2, 0.25) is 0 Å². The van der Waals surface area contributed by atoms with Crippen LogP contribution in [0, 0.1) is 0 Å². The number of hydrogen-bond donors (Lipinski definition) is 1. The SMILES string of the molecule is CCCCCCCN1CCC(=O)NC(C)(CC)C1=O. The largest absolute Gasteiger partial charge is 0.342 e. The van der Waals surface area contributed by atoms with Crippen LogP contribution >= 0.6 is 0 Å². The van der Waals surface area contributed by atoms with Gasteiger partial charge in [-0.05, 0) is 19.8 Å². The molecule has 0 aromatic heterocycles. The predicted molar refractivity (Wildman–Crippen MR) is 76.8 cm³/mol. The molecule has 1 saturated heterocycles.